The molecule has 3 aromatic rings. The number of carbonyl (C=O) groups excluding carboxylic acids is 3. The van der Waals surface area contributed by atoms with Gasteiger partial charge in [0.2, 0.25) is 5.91 Å². The smallest absolute Gasteiger partial charge is 0.294 e. The number of nitrogens with one attached hydrogen (secondary N) is 1. The molecule has 0 spiro atoms. The summed E-state index contributed by atoms with van der Waals surface area (Å²) >= 11 is 2.86. The number of halogens is 1. The van der Waals surface area contributed by atoms with Crippen molar-refractivity contribution in [1.82, 2.24) is 4.90 Å². The third-order valence-electron chi connectivity index (χ3n) is 5.75. The Hall–Kier alpha value is -3.91. The molecule has 0 radical (unpaired) electrons. The second-order valence-corrected chi connectivity index (χ2v) is 10.8. The fourth-order valence-electron chi connectivity index (χ4n) is 3.78. The first-order chi connectivity index (χ1) is 19.2. The minimum absolute atomic E-state index is 0.00553. The van der Waals surface area contributed by atoms with E-state index in [9.17, 15) is 24.5 Å². The number of para-hydroxylation sites is 1. The van der Waals surface area contributed by atoms with Crippen molar-refractivity contribution in [2.75, 3.05) is 18.5 Å². The highest BCUT2D eigenvalue weighted by molar-refractivity contribution is 14.1. The van der Waals surface area contributed by atoms with Crippen LogP contribution in [0.1, 0.15) is 23.6 Å². The van der Waals surface area contributed by atoms with Gasteiger partial charge in [-0.05, 0) is 101 Å². The molecule has 0 bridgehead atoms. The van der Waals surface area contributed by atoms with Crippen LogP contribution in [0.3, 0.4) is 0 Å². The van der Waals surface area contributed by atoms with E-state index < -0.39 is 28.5 Å². The Kier molecular flexibility index (Phi) is 9.42. The Balaban J connectivity index is 1.48. The van der Waals surface area contributed by atoms with E-state index in [0.717, 1.165) is 27.8 Å². The third-order valence-corrected chi connectivity index (χ3v) is 7.46. The summed E-state index contributed by atoms with van der Waals surface area (Å²) in [4.78, 5) is 49.6. The second-order valence-electron chi connectivity index (χ2n) is 8.61. The summed E-state index contributed by atoms with van der Waals surface area (Å²) in [6.45, 7) is 3.81. The lowest BCUT2D eigenvalue weighted by Crippen LogP contribution is -2.36. The van der Waals surface area contributed by atoms with Gasteiger partial charge in [-0.3, -0.25) is 29.4 Å². The highest BCUT2D eigenvalue weighted by Gasteiger charge is 2.36. The fourth-order valence-corrected chi connectivity index (χ4v) is 5.40. The number of non-ortho nitro benzene ring substituents is 1. The molecule has 1 aliphatic heterocycles. The van der Waals surface area contributed by atoms with Gasteiger partial charge >= 0.3 is 0 Å². The monoisotopic (exact) mass is 673 g/mol. The number of nitrogens with zero attached hydrogens (tertiary/aromatic N) is 2. The van der Waals surface area contributed by atoms with E-state index in [0.29, 0.717) is 32.9 Å². The van der Waals surface area contributed by atoms with E-state index in [1.807, 2.05) is 26.0 Å². The summed E-state index contributed by atoms with van der Waals surface area (Å²) in [5.41, 5.74) is 2.83. The highest BCUT2D eigenvalue weighted by atomic mass is 127. The number of amides is 3. The zero-order chi connectivity index (χ0) is 28.8. The zero-order valence-corrected chi connectivity index (χ0v) is 24.5. The number of thioether (sulfide) groups is 1. The number of nitro benzene ring substituents is 1. The normalized spacial score (nSPS) is 14.0. The van der Waals surface area contributed by atoms with Crippen LogP contribution in [0.5, 0.6) is 11.5 Å². The number of hydrogen-bond acceptors (Lipinski definition) is 8. The molecule has 0 aliphatic carbocycles. The van der Waals surface area contributed by atoms with Gasteiger partial charge in [-0.1, -0.05) is 18.2 Å². The van der Waals surface area contributed by atoms with Crippen LogP contribution in [0.2, 0.25) is 0 Å². The Labute approximate surface area is 248 Å². The highest BCUT2D eigenvalue weighted by Crippen LogP contribution is 2.38. The molecule has 3 aromatic carbocycles. The van der Waals surface area contributed by atoms with Gasteiger partial charge < -0.3 is 14.8 Å². The summed E-state index contributed by atoms with van der Waals surface area (Å²) in [5.74, 6) is -0.0970. The van der Waals surface area contributed by atoms with Crippen LogP contribution in [-0.4, -0.2) is 40.0 Å². The summed E-state index contributed by atoms with van der Waals surface area (Å²) in [6, 6.07) is 16.8. The number of nitro groups is 1. The summed E-state index contributed by atoms with van der Waals surface area (Å²) < 4.78 is 12.5. The van der Waals surface area contributed by atoms with Crippen molar-refractivity contribution in [3.8, 4) is 11.5 Å². The van der Waals surface area contributed by atoms with Gasteiger partial charge in [0.05, 0.1) is 20.0 Å². The number of anilines is 1. The molecule has 3 amide bonds. The van der Waals surface area contributed by atoms with Crippen LogP contribution in [0.4, 0.5) is 16.2 Å². The molecular weight excluding hydrogens is 649 g/mol. The van der Waals surface area contributed by atoms with E-state index in [1.165, 1.54) is 12.1 Å². The number of benzene rings is 3. The number of imide groups is 1. The van der Waals surface area contributed by atoms with Crippen LogP contribution in [0.15, 0.2) is 65.6 Å². The molecule has 1 heterocycles. The molecule has 12 heteroatoms. The Bertz CT molecular complexity index is 1510. The molecule has 1 N–H and O–H groups in total. The van der Waals surface area contributed by atoms with E-state index in [4.69, 9.17) is 9.47 Å². The first-order valence-electron chi connectivity index (χ1n) is 12.1. The molecule has 0 atom stereocenters. The number of rotatable bonds is 10. The van der Waals surface area contributed by atoms with Crippen molar-refractivity contribution < 1.29 is 28.8 Å². The Morgan fingerprint density at radius 3 is 2.52 bits per heavy atom. The SMILES string of the molecule is CCOc1cc(/C=C2/SC(=O)N(CC(=O)Nc3ccccc3C)C2=O)cc(I)c1OCc1ccc([N+](=O)[O-])cc1. The number of hydrogen-bond donors (Lipinski definition) is 1. The van der Waals surface area contributed by atoms with Gasteiger partial charge in [0.15, 0.2) is 11.5 Å². The fraction of sp³-hybridized carbons (Fsp3) is 0.179. The summed E-state index contributed by atoms with van der Waals surface area (Å²) in [7, 11) is 0. The van der Waals surface area contributed by atoms with Crippen molar-refractivity contribution >= 4 is 68.9 Å². The summed E-state index contributed by atoms with van der Waals surface area (Å²) in [5, 5.41) is 13.1. The number of aryl methyl sites for hydroxylation is 1. The van der Waals surface area contributed by atoms with E-state index >= 15 is 0 Å². The van der Waals surface area contributed by atoms with Gasteiger partial charge in [0.25, 0.3) is 16.8 Å². The van der Waals surface area contributed by atoms with Crippen LogP contribution in [-0.2, 0) is 16.2 Å². The van der Waals surface area contributed by atoms with Crippen molar-refractivity contribution in [2.45, 2.75) is 20.5 Å². The first kappa shape index (κ1) is 29.1. The Morgan fingerprint density at radius 2 is 1.85 bits per heavy atom. The summed E-state index contributed by atoms with van der Waals surface area (Å²) in [6.07, 6.45) is 1.58. The van der Waals surface area contributed by atoms with Crippen molar-refractivity contribution in [3.63, 3.8) is 0 Å². The standard InChI is InChI=1S/C28H24IN3O7S/c1-3-38-23-13-19(12-21(29)26(23)39-16-18-8-10-20(11-9-18)32(36)37)14-24-27(34)31(28(35)40-24)15-25(33)30-22-7-5-4-6-17(22)2/h4-14H,3,15-16H2,1-2H3,(H,30,33)/b24-14+. The number of carbonyl (C=O) groups is 3. The average molecular weight is 673 g/mol. The maximum atomic E-state index is 13.0. The van der Waals surface area contributed by atoms with E-state index in [-0.39, 0.29) is 17.2 Å². The third kappa shape index (κ3) is 6.99. The molecular formula is C28H24IN3O7S. The molecule has 0 saturated carbocycles. The van der Waals surface area contributed by atoms with Gasteiger partial charge in [0.1, 0.15) is 13.2 Å². The van der Waals surface area contributed by atoms with Crippen molar-refractivity contribution in [3.05, 3.63) is 95.9 Å². The predicted octanol–water partition coefficient (Wildman–Crippen LogP) is 6.16. The maximum absolute atomic E-state index is 13.0. The number of ether oxygens (including phenoxy) is 2. The van der Waals surface area contributed by atoms with Crippen LogP contribution in [0, 0.1) is 20.6 Å². The molecule has 4 rings (SSSR count). The van der Waals surface area contributed by atoms with Gasteiger partial charge in [-0.2, -0.15) is 0 Å². The Morgan fingerprint density at radius 1 is 1.12 bits per heavy atom. The lowest BCUT2D eigenvalue weighted by atomic mass is 10.1. The minimum Gasteiger partial charge on any atom is -0.490 e. The quantitative estimate of drug-likeness (QED) is 0.117. The molecule has 1 fully saturated rings. The topological polar surface area (TPSA) is 128 Å². The first-order valence-corrected chi connectivity index (χ1v) is 14.0. The van der Waals surface area contributed by atoms with Gasteiger partial charge in [-0.25, -0.2) is 0 Å². The molecule has 206 valence electrons. The van der Waals surface area contributed by atoms with E-state index in [1.54, 1.807) is 42.5 Å². The van der Waals surface area contributed by atoms with Gasteiger partial charge in [-0.15, -0.1) is 0 Å². The molecule has 0 unspecified atom stereocenters. The van der Waals surface area contributed by atoms with Crippen LogP contribution >= 0.6 is 34.4 Å². The minimum atomic E-state index is -0.554. The molecule has 10 nitrogen and oxygen atoms in total. The van der Waals surface area contributed by atoms with Gasteiger partial charge in [0, 0.05) is 17.8 Å². The molecule has 0 aromatic heterocycles. The molecule has 1 saturated heterocycles. The maximum Gasteiger partial charge on any atom is 0.294 e. The lowest BCUT2D eigenvalue weighted by molar-refractivity contribution is -0.384. The zero-order valence-electron chi connectivity index (χ0n) is 21.5. The van der Waals surface area contributed by atoms with E-state index in [2.05, 4.69) is 27.9 Å². The largest absolute Gasteiger partial charge is 0.490 e. The second kappa shape index (κ2) is 13.0. The van der Waals surface area contributed by atoms with Crippen molar-refractivity contribution in [1.29, 1.82) is 0 Å². The molecule has 1 aliphatic rings. The predicted molar refractivity (Wildman–Crippen MR) is 160 cm³/mol. The molecule has 40 heavy (non-hydrogen) atoms. The van der Waals surface area contributed by atoms with Crippen molar-refractivity contribution in [2.24, 2.45) is 0 Å². The lowest BCUT2D eigenvalue weighted by Gasteiger charge is -2.15. The van der Waals surface area contributed by atoms with Crippen LogP contribution < -0.4 is 14.8 Å². The average Bonchev–Trinajstić information content (AvgIpc) is 3.17. The van der Waals surface area contributed by atoms with Crippen LogP contribution in [0.25, 0.3) is 6.08 Å².